The quantitative estimate of drug-likeness (QED) is 0.758. The fourth-order valence-corrected chi connectivity index (χ4v) is 3.14. The van der Waals surface area contributed by atoms with E-state index in [9.17, 15) is 0 Å². The van der Waals surface area contributed by atoms with Crippen LogP contribution in [0.15, 0.2) is 11.6 Å². The molecule has 2 rings (SSSR count). The second-order valence-electron chi connectivity index (χ2n) is 5.39. The lowest BCUT2D eigenvalue weighted by Gasteiger charge is -2.27. The Morgan fingerprint density at radius 3 is 3.00 bits per heavy atom. The van der Waals surface area contributed by atoms with Crippen molar-refractivity contribution in [1.29, 1.82) is 0 Å². The molecule has 1 aliphatic carbocycles. The van der Waals surface area contributed by atoms with Crippen molar-refractivity contribution in [3.8, 4) is 0 Å². The van der Waals surface area contributed by atoms with E-state index in [-0.39, 0.29) is 0 Å². The zero-order chi connectivity index (χ0) is 11.9. The van der Waals surface area contributed by atoms with E-state index in [1.807, 2.05) is 0 Å². The molecule has 0 aromatic heterocycles. The number of rotatable bonds is 4. The summed E-state index contributed by atoms with van der Waals surface area (Å²) in [5, 5.41) is 3.69. The lowest BCUT2D eigenvalue weighted by atomic mass is 9.87. The highest BCUT2D eigenvalue weighted by Gasteiger charge is 2.27. The summed E-state index contributed by atoms with van der Waals surface area (Å²) in [6.45, 7) is 5.19. The second kappa shape index (κ2) is 7.17. The largest absolute Gasteiger partial charge is 0.381 e. The van der Waals surface area contributed by atoms with Crippen LogP contribution in [0.2, 0.25) is 0 Å². The van der Waals surface area contributed by atoms with Crippen molar-refractivity contribution in [3.63, 3.8) is 0 Å². The first-order valence-corrected chi connectivity index (χ1v) is 7.42. The Kier molecular flexibility index (Phi) is 5.53. The highest BCUT2D eigenvalue weighted by Crippen LogP contribution is 2.27. The Bertz CT molecular complexity index is 243. The van der Waals surface area contributed by atoms with E-state index in [2.05, 4.69) is 18.3 Å². The maximum Gasteiger partial charge on any atom is 0.0513 e. The molecule has 17 heavy (non-hydrogen) atoms. The molecule has 1 aliphatic heterocycles. The Morgan fingerprint density at radius 1 is 1.35 bits per heavy atom. The van der Waals surface area contributed by atoms with Crippen LogP contribution in [0, 0.1) is 5.92 Å². The van der Waals surface area contributed by atoms with Crippen molar-refractivity contribution in [2.45, 2.75) is 57.9 Å². The van der Waals surface area contributed by atoms with Crippen LogP contribution in [0.4, 0.5) is 0 Å². The van der Waals surface area contributed by atoms with Crippen molar-refractivity contribution in [3.05, 3.63) is 11.6 Å². The normalized spacial score (nSPS) is 28.3. The fourth-order valence-electron chi connectivity index (χ4n) is 3.14. The molecule has 0 aromatic rings. The van der Waals surface area contributed by atoms with Gasteiger partial charge in [0.1, 0.15) is 0 Å². The average molecular weight is 237 g/mol. The summed E-state index contributed by atoms with van der Waals surface area (Å²) >= 11 is 0. The van der Waals surface area contributed by atoms with E-state index in [1.165, 1.54) is 44.9 Å². The monoisotopic (exact) mass is 237 g/mol. The van der Waals surface area contributed by atoms with Gasteiger partial charge in [-0.05, 0) is 38.6 Å². The van der Waals surface area contributed by atoms with Gasteiger partial charge in [0.25, 0.3) is 0 Å². The minimum absolute atomic E-state index is 0.584. The maximum absolute atomic E-state index is 5.56. The lowest BCUT2D eigenvalue weighted by molar-refractivity contribution is 0.179. The van der Waals surface area contributed by atoms with Gasteiger partial charge in [0.05, 0.1) is 6.61 Å². The molecule has 2 heteroatoms. The summed E-state index contributed by atoms with van der Waals surface area (Å²) in [6.07, 6.45) is 11.9. The molecule has 0 aromatic carbocycles. The van der Waals surface area contributed by atoms with Crippen LogP contribution in [-0.4, -0.2) is 25.8 Å². The van der Waals surface area contributed by atoms with Crippen molar-refractivity contribution in [1.82, 2.24) is 5.32 Å². The highest BCUT2D eigenvalue weighted by atomic mass is 16.5. The average Bonchev–Trinajstić information content (AvgIpc) is 2.79. The lowest BCUT2D eigenvalue weighted by Crippen LogP contribution is -2.38. The molecule has 0 radical (unpaired) electrons. The van der Waals surface area contributed by atoms with Gasteiger partial charge in [0, 0.05) is 18.6 Å². The predicted octanol–water partition coefficient (Wildman–Crippen LogP) is 3.28. The molecular weight excluding hydrogens is 210 g/mol. The van der Waals surface area contributed by atoms with E-state index in [0.717, 1.165) is 19.8 Å². The minimum Gasteiger partial charge on any atom is -0.381 e. The molecule has 2 atom stereocenters. The molecule has 98 valence electrons. The third-order valence-electron chi connectivity index (χ3n) is 4.09. The van der Waals surface area contributed by atoms with Crippen LogP contribution in [0.1, 0.15) is 51.9 Å². The zero-order valence-corrected chi connectivity index (χ0v) is 11.2. The number of allylic oxidation sites excluding steroid dienone is 1. The minimum atomic E-state index is 0.584. The summed E-state index contributed by atoms with van der Waals surface area (Å²) in [7, 11) is 0. The number of likely N-dealkylation sites (N-methyl/N-ethyl adjacent to an activating group) is 1. The van der Waals surface area contributed by atoms with Crippen LogP contribution in [0.5, 0.6) is 0 Å². The molecule has 1 fully saturated rings. The van der Waals surface area contributed by atoms with E-state index >= 15 is 0 Å². The molecule has 0 spiro atoms. The Balaban J connectivity index is 2.01. The van der Waals surface area contributed by atoms with E-state index in [0.29, 0.717) is 12.0 Å². The van der Waals surface area contributed by atoms with Crippen LogP contribution in [0.25, 0.3) is 0 Å². The Labute approximate surface area is 106 Å². The SMILES string of the molecule is CCNC(C1=CCCCCCC1)C1CCOC1. The van der Waals surface area contributed by atoms with Crippen LogP contribution >= 0.6 is 0 Å². The number of nitrogens with one attached hydrogen (secondary N) is 1. The second-order valence-corrected chi connectivity index (χ2v) is 5.39. The standard InChI is InChI=1S/C15H27NO/c1-2-16-15(14-10-11-17-12-14)13-8-6-4-3-5-7-9-13/h8,14-16H,2-7,9-12H2,1H3. The number of hydrogen-bond acceptors (Lipinski definition) is 2. The smallest absolute Gasteiger partial charge is 0.0513 e. The van der Waals surface area contributed by atoms with E-state index in [1.54, 1.807) is 5.57 Å². The molecule has 2 aliphatic rings. The summed E-state index contributed by atoms with van der Waals surface area (Å²) in [5.41, 5.74) is 1.67. The Morgan fingerprint density at radius 2 is 2.24 bits per heavy atom. The third kappa shape index (κ3) is 3.82. The molecular formula is C15H27NO. The van der Waals surface area contributed by atoms with Gasteiger partial charge in [0.15, 0.2) is 0 Å². The first-order valence-electron chi connectivity index (χ1n) is 7.42. The van der Waals surface area contributed by atoms with E-state index in [4.69, 9.17) is 4.74 Å². The predicted molar refractivity (Wildman–Crippen MR) is 72.2 cm³/mol. The molecule has 0 amide bonds. The highest BCUT2D eigenvalue weighted by molar-refractivity contribution is 5.14. The van der Waals surface area contributed by atoms with Crippen LogP contribution in [0.3, 0.4) is 0 Å². The van der Waals surface area contributed by atoms with Crippen LogP contribution in [-0.2, 0) is 4.74 Å². The van der Waals surface area contributed by atoms with Crippen molar-refractivity contribution in [2.24, 2.45) is 5.92 Å². The molecule has 0 bridgehead atoms. The third-order valence-corrected chi connectivity index (χ3v) is 4.09. The van der Waals surface area contributed by atoms with Crippen molar-refractivity contribution >= 4 is 0 Å². The van der Waals surface area contributed by atoms with Gasteiger partial charge in [-0.1, -0.05) is 31.4 Å². The number of ether oxygens (including phenoxy) is 1. The van der Waals surface area contributed by atoms with Gasteiger partial charge < -0.3 is 10.1 Å². The molecule has 1 N–H and O–H groups in total. The van der Waals surface area contributed by atoms with Crippen molar-refractivity contribution < 1.29 is 4.74 Å². The van der Waals surface area contributed by atoms with Gasteiger partial charge in [-0.2, -0.15) is 0 Å². The molecule has 2 nitrogen and oxygen atoms in total. The van der Waals surface area contributed by atoms with Gasteiger partial charge in [-0.3, -0.25) is 0 Å². The topological polar surface area (TPSA) is 21.3 Å². The molecule has 1 heterocycles. The summed E-state index contributed by atoms with van der Waals surface area (Å²) in [6, 6.07) is 0.584. The molecule has 1 saturated heterocycles. The maximum atomic E-state index is 5.56. The Hall–Kier alpha value is -0.340. The first-order chi connectivity index (χ1) is 8.42. The van der Waals surface area contributed by atoms with Gasteiger partial charge in [0.2, 0.25) is 0 Å². The van der Waals surface area contributed by atoms with E-state index < -0.39 is 0 Å². The summed E-state index contributed by atoms with van der Waals surface area (Å²) < 4.78 is 5.56. The number of hydrogen-bond donors (Lipinski definition) is 1. The van der Waals surface area contributed by atoms with Crippen molar-refractivity contribution in [2.75, 3.05) is 19.8 Å². The van der Waals surface area contributed by atoms with Crippen LogP contribution < -0.4 is 5.32 Å². The zero-order valence-electron chi connectivity index (χ0n) is 11.2. The van der Waals surface area contributed by atoms with Gasteiger partial charge in [-0.15, -0.1) is 0 Å². The molecule has 0 saturated carbocycles. The van der Waals surface area contributed by atoms with Gasteiger partial charge >= 0.3 is 0 Å². The van der Waals surface area contributed by atoms with Gasteiger partial charge in [-0.25, -0.2) is 0 Å². The summed E-state index contributed by atoms with van der Waals surface area (Å²) in [5.74, 6) is 0.709. The first kappa shape index (κ1) is 13.1. The summed E-state index contributed by atoms with van der Waals surface area (Å²) in [4.78, 5) is 0. The molecule has 2 unspecified atom stereocenters. The fraction of sp³-hybridized carbons (Fsp3) is 0.867.